The summed E-state index contributed by atoms with van der Waals surface area (Å²) < 4.78 is 0. The van der Waals surface area contributed by atoms with Crippen molar-refractivity contribution in [2.75, 3.05) is 18.5 Å². The van der Waals surface area contributed by atoms with Crippen LogP contribution in [0.5, 0.6) is 0 Å². The molecule has 4 heteroatoms. The molecule has 100 valence electrons. The van der Waals surface area contributed by atoms with Crippen LogP contribution in [0, 0.1) is 6.92 Å². The van der Waals surface area contributed by atoms with E-state index in [0.717, 1.165) is 17.7 Å². The van der Waals surface area contributed by atoms with Gasteiger partial charge in [0.15, 0.2) is 0 Å². The smallest absolute Gasteiger partial charge is 0.251 e. The first-order chi connectivity index (χ1) is 8.60. The van der Waals surface area contributed by atoms with Crippen LogP contribution in [0.25, 0.3) is 0 Å². The highest BCUT2D eigenvalue weighted by Crippen LogP contribution is 2.20. The Hall–Kier alpha value is -1.55. The van der Waals surface area contributed by atoms with Gasteiger partial charge in [-0.2, -0.15) is 0 Å². The van der Waals surface area contributed by atoms with E-state index in [1.807, 2.05) is 19.1 Å². The third kappa shape index (κ3) is 3.74. The zero-order chi connectivity index (χ0) is 13.5. The van der Waals surface area contributed by atoms with Crippen molar-refractivity contribution < 1.29 is 9.90 Å². The average Bonchev–Trinajstić information content (AvgIpc) is 2.38. The molecule has 4 nitrogen and oxygen atoms in total. The van der Waals surface area contributed by atoms with Crippen LogP contribution in [0.4, 0.5) is 5.69 Å². The van der Waals surface area contributed by atoms with Gasteiger partial charge in [0.1, 0.15) is 0 Å². The summed E-state index contributed by atoms with van der Waals surface area (Å²) in [5, 5.41) is 14.8. The molecule has 0 radical (unpaired) electrons. The summed E-state index contributed by atoms with van der Waals surface area (Å²) in [5.74, 6) is -0.144. The van der Waals surface area contributed by atoms with E-state index in [4.69, 9.17) is 5.11 Å². The van der Waals surface area contributed by atoms with Crippen molar-refractivity contribution in [1.29, 1.82) is 0 Å². The molecule has 0 saturated carbocycles. The molecule has 0 spiro atoms. The molecule has 0 bridgehead atoms. The van der Waals surface area contributed by atoms with Gasteiger partial charge in [0.2, 0.25) is 0 Å². The number of aliphatic hydroxyl groups is 1. The predicted octanol–water partition coefficient (Wildman–Crippen LogP) is 1.93. The van der Waals surface area contributed by atoms with Crippen LogP contribution >= 0.6 is 0 Å². The summed E-state index contributed by atoms with van der Waals surface area (Å²) >= 11 is 0. The van der Waals surface area contributed by atoms with Crippen LogP contribution in [-0.4, -0.2) is 30.2 Å². The molecule has 1 rings (SSSR count). The van der Waals surface area contributed by atoms with Crippen molar-refractivity contribution >= 4 is 11.6 Å². The van der Waals surface area contributed by atoms with E-state index in [-0.39, 0.29) is 19.1 Å². The first kappa shape index (κ1) is 14.5. The van der Waals surface area contributed by atoms with Gasteiger partial charge in [-0.25, -0.2) is 0 Å². The lowest BCUT2D eigenvalue weighted by Gasteiger charge is -2.17. The number of hydrogen-bond donors (Lipinski definition) is 3. The normalized spacial score (nSPS) is 12.0. The van der Waals surface area contributed by atoms with Crippen LogP contribution < -0.4 is 10.6 Å². The van der Waals surface area contributed by atoms with Crippen LogP contribution in [-0.2, 0) is 0 Å². The molecular formula is C14H22N2O2. The summed E-state index contributed by atoms with van der Waals surface area (Å²) in [6.07, 6.45) is 1.03. The summed E-state index contributed by atoms with van der Waals surface area (Å²) in [7, 11) is 0. The van der Waals surface area contributed by atoms with E-state index in [0.29, 0.717) is 11.6 Å². The number of anilines is 1. The molecule has 1 aromatic carbocycles. The zero-order valence-corrected chi connectivity index (χ0v) is 11.3. The molecule has 0 fully saturated rings. The largest absolute Gasteiger partial charge is 0.395 e. The second kappa shape index (κ2) is 7.01. The van der Waals surface area contributed by atoms with Crippen LogP contribution in [0.1, 0.15) is 36.2 Å². The van der Waals surface area contributed by atoms with E-state index in [1.54, 1.807) is 6.07 Å². The fourth-order valence-corrected chi connectivity index (χ4v) is 1.67. The lowest BCUT2D eigenvalue weighted by molar-refractivity contribution is 0.0944. The Labute approximate surface area is 108 Å². The Morgan fingerprint density at radius 1 is 1.44 bits per heavy atom. The number of hydrogen-bond acceptors (Lipinski definition) is 3. The van der Waals surface area contributed by atoms with Crippen molar-refractivity contribution in [3.8, 4) is 0 Å². The molecule has 0 aliphatic heterocycles. The number of benzene rings is 1. The van der Waals surface area contributed by atoms with Crippen molar-refractivity contribution in [2.24, 2.45) is 0 Å². The minimum atomic E-state index is -0.144. The molecule has 1 atom stereocenters. The van der Waals surface area contributed by atoms with Crippen LogP contribution in [0.3, 0.4) is 0 Å². The number of rotatable bonds is 6. The molecule has 0 heterocycles. The molecule has 0 aliphatic rings. The van der Waals surface area contributed by atoms with Crippen LogP contribution in [0.2, 0.25) is 0 Å². The molecule has 1 unspecified atom stereocenters. The molecular weight excluding hydrogens is 228 g/mol. The predicted molar refractivity (Wildman–Crippen MR) is 74.0 cm³/mol. The number of aliphatic hydroxyl groups excluding tert-OH is 1. The summed E-state index contributed by atoms with van der Waals surface area (Å²) in [6, 6.07) is 6.01. The van der Waals surface area contributed by atoms with Crippen molar-refractivity contribution in [3.05, 3.63) is 29.3 Å². The second-order valence-electron chi connectivity index (χ2n) is 4.41. The van der Waals surface area contributed by atoms with Gasteiger partial charge in [-0.15, -0.1) is 0 Å². The van der Waals surface area contributed by atoms with E-state index in [1.165, 1.54) is 0 Å². The maximum atomic E-state index is 11.9. The monoisotopic (exact) mass is 250 g/mol. The maximum absolute atomic E-state index is 11.9. The van der Waals surface area contributed by atoms with Gasteiger partial charge in [-0.05, 0) is 38.0 Å². The lowest BCUT2D eigenvalue weighted by atomic mass is 10.1. The highest BCUT2D eigenvalue weighted by atomic mass is 16.3. The Morgan fingerprint density at radius 3 is 2.78 bits per heavy atom. The van der Waals surface area contributed by atoms with E-state index in [9.17, 15) is 4.79 Å². The standard InChI is InChI=1S/C14H22N2O2/c1-4-10(2)16-13-7-5-6-12(11(13)3)14(18)15-8-9-17/h5-7,10,16-17H,4,8-9H2,1-3H3,(H,15,18). The quantitative estimate of drug-likeness (QED) is 0.723. The summed E-state index contributed by atoms with van der Waals surface area (Å²) in [4.78, 5) is 11.9. The van der Waals surface area contributed by atoms with Crippen molar-refractivity contribution in [2.45, 2.75) is 33.2 Å². The highest BCUT2D eigenvalue weighted by molar-refractivity contribution is 5.97. The fraction of sp³-hybridized carbons (Fsp3) is 0.500. The number of carbonyl (C=O) groups excluding carboxylic acids is 1. The van der Waals surface area contributed by atoms with Gasteiger partial charge in [-0.1, -0.05) is 13.0 Å². The fourth-order valence-electron chi connectivity index (χ4n) is 1.67. The number of nitrogens with one attached hydrogen (secondary N) is 2. The molecule has 18 heavy (non-hydrogen) atoms. The number of amides is 1. The van der Waals surface area contributed by atoms with Crippen molar-refractivity contribution in [3.63, 3.8) is 0 Å². The first-order valence-corrected chi connectivity index (χ1v) is 6.35. The minimum Gasteiger partial charge on any atom is -0.395 e. The Bertz CT molecular complexity index is 405. The molecule has 0 saturated heterocycles. The van der Waals surface area contributed by atoms with Gasteiger partial charge in [0, 0.05) is 23.8 Å². The third-order valence-corrected chi connectivity index (χ3v) is 2.99. The summed E-state index contributed by atoms with van der Waals surface area (Å²) in [6.45, 7) is 6.39. The van der Waals surface area contributed by atoms with Crippen LogP contribution in [0.15, 0.2) is 18.2 Å². The molecule has 3 N–H and O–H groups in total. The molecule has 0 aromatic heterocycles. The number of carbonyl (C=O) groups is 1. The maximum Gasteiger partial charge on any atom is 0.251 e. The zero-order valence-electron chi connectivity index (χ0n) is 11.3. The topological polar surface area (TPSA) is 61.4 Å². The SMILES string of the molecule is CCC(C)Nc1cccc(C(=O)NCCO)c1C. The van der Waals surface area contributed by atoms with E-state index in [2.05, 4.69) is 24.5 Å². The van der Waals surface area contributed by atoms with Gasteiger partial charge in [0.25, 0.3) is 5.91 Å². The second-order valence-corrected chi connectivity index (χ2v) is 4.41. The molecule has 0 aliphatic carbocycles. The Balaban J connectivity index is 2.87. The van der Waals surface area contributed by atoms with Gasteiger partial charge < -0.3 is 15.7 Å². The summed E-state index contributed by atoms with van der Waals surface area (Å²) in [5.41, 5.74) is 2.57. The van der Waals surface area contributed by atoms with E-state index >= 15 is 0 Å². The molecule has 1 aromatic rings. The Kier molecular flexibility index (Phi) is 5.65. The third-order valence-electron chi connectivity index (χ3n) is 2.99. The van der Waals surface area contributed by atoms with Gasteiger partial charge in [-0.3, -0.25) is 4.79 Å². The lowest BCUT2D eigenvalue weighted by Crippen LogP contribution is -2.27. The Morgan fingerprint density at radius 2 is 2.17 bits per heavy atom. The average molecular weight is 250 g/mol. The van der Waals surface area contributed by atoms with Crippen molar-refractivity contribution in [1.82, 2.24) is 5.32 Å². The van der Waals surface area contributed by atoms with Gasteiger partial charge in [0.05, 0.1) is 6.61 Å². The minimum absolute atomic E-state index is 0.0460. The molecule has 1 amide bonds. The van der Waals surface area contributed by atoms with Gasteiger partial charge >= 0.3 is 0 Å². The highest BCUT2D eigenvalue weighted by Gasteiger charge is 2.11. The first-order valence-electron chi connectivity index (χ1n) is 6.35. The van der Waals surface area contributed by atoms with E-state index < -0.39 is 0 Å².